The number of sulfonamides is 1. The van der Waals surface area contributed by atoms with Gasteiger partial charge < -0.3 is 11.1 Å². The minimum Gasteiger partial charge on any atom is -0.399 e. The molecule has 1 aromatic carbocycles. The second kappa shape index (κ2) is 5.41. The number of hydrogen-bond acceptors (Lipinski definition) is 4. The van der Waals surface area contributed by atoms with Crippen molar-refractivity contribution in [1.82, 2.24) is 0 Å². The summed E-state index contributed by atoms with van der Waals surface area (Å²) < 4.78 is 22.9. The summed E-state index contributed by atoms with van der Waals surface area (Å²) in [6.45, 7) is 7.33. The molecule has 0 fully saturated rings. The van der Waals surface area contributed by atoms with Crippen molar-refractivity contribution in [2.45, 2.75) is 31.2 Å². The average molecular weight is 269 g/mol. The summed E-state index contributed by atoms with van der Waals surface area (Å²) in [5.74, 6) is 0. The van der Waals surface area contributed by atoms with Gasteiger partial charge in [0.1, 0.15) is 0 Å². The van der Waals surface area contributed by atoms with Crippen LogP contribution in [0.5, 0.6) is 0 Å². The number of nitrogens with one attached hydrogen (secondary N) is 1. The molecule has 1 unspecified atom stereocenters. The third kappa shape index (κ3) is 3.48. The fraction of sp³-hybridized carbons (Fsp3) is 0.333. The first-order chi connectivity index (χ1) is 8.25. The van der Waals surface area contributed by atoms with E-state index in [4.69, 9.17) is 10.9 Å². The number of rotatable bonds is 5. The lowest BCUT2D eigenvalue weighted by Gasteiger charge is -2.17. The molecule has 0 radical (unpaired) electrons. The molecule has 1 aromatic rings. The summed E-state index contributed by atoms with van der Waals surface area (Å²) in [6.07, 6.45) is 2.55. The van der Waals surface area contributed by atoms with Gasteiger partial charge in [0, 0.05) is 17.4 Å². The second-order valence-corrected chi connectivity index (χ2v) is 5.84. The van der Waals surface area contributed by atoms with Crippen molar-refractivity contribution in [3.63, 3.8) is 0 Å². The van der Waals surface area contributed by atoms with Gasteiger partial charge in [-0.3, -0.25) is 0 Å². The molecule has 0 aliphatic carbocycles. The van der Waals surface area contributed by atoms with Crippen LogP contribution in [-0.2, 0) is 10.0 Å². The van der Waals surface area contributed by atoms with Gasteiger partial charge in [0.05, 0.1) is 4.90 Å². The summed E-state index contributed by atoms with van der Waals surface area (Å²) in [5, 5.41) is 8.35. The van der Waals surface area contributed by atoms with Crippen LogP contribution in [0.25, 0.3) is 0 Å². The zero-order chi connectivity index (χ0) is 13.9. The molecule has 0 spiro atoms. The van der Waals surface area contributed by atoms with E-state index in [1.165, 1.54) is 6.07 Å². The number of nitrogen functional groups attached to an aromatic ring is 1. The molecule has 1 atom stereocenters. The Morgan fingerprint density at radius 1 is 1.50 bits per heavy atom. The highest BCUT2D eigenvalue weighted by atomic mass is 32.2. The van der Waals surface area contributed by atoms with Crippen LogP contribution in [0.15, 0.2) is 29.7 Å². The first-order valence-electron chi connectivity index (χ1n) is 5.56. The lowest BCUT2D eigenvalue weighted by atomic mass is 10.1. The van der Waals surface area contributed by atoms with Gasteiger partial charge in [-0.25, -0.2) is 13.6 Å². The number of nitrogens with two attached hydrogens (primary N) is 2. The van der Waals surface area contributed by atoms with Crippen LogP contribution >= 0.6 is 0 Å². The molecule has 0 aromatic heterocycles. The highest BCUT2D eigenvalue weighted by Gasteiger charge is 2.16. The molecule has 0 amide bonds. The Labute approximate surface area is 108 Å². The smallest absolute Gasteiger partial charge is 0.238 e. The third-order valence-electron chi connectivity index (χ3n) is 2.61. The van der Waals surface area contributed by atoms with Crippen LogP contribution < -0.4 is 16.2 Å². The molecule has 1 rings (SSSR count). The van der Waals surface area contributed by atoms with Crippen LogP contribution in [-0.4, -0.2) is 14.5 Å². The minimum absolute atomic E-state index is 0.0517. The average Bonchev–Trinajstić information content (AvgIpc) is 2.21. The fourth-order valence-corrected chi connectivity index (χ4v) is 2.57. The van der Waals surface area contributed by atoms with E-state index in [-0.39, 0.29) is 10.9 Å². The first kappa shape index (κ1) is 14.5. The maximum absolute atomic E-state index is 11.4. The van der Waals surface area contributed by atoms with Gasteiger partial charge in [0.15, 0.2) is 0 Å². The van der Waals surface area contributed by atoms with Crippen molar-refractivity contribution in [3.05, 3.63) is 30.4 Å². The minimum atomic E-state index is -3.77. The van der Waals surface area contributed by atoms with Crippen molar-refractivity contribution in [3.8, 4) is 0 Å². The first-order valence-corrected chi connectivity index (χ1v) is 7.10. The summed E-state index contributed by atoms with van der Waals surface area (Å²) in [5.41, 5.74) is 7.30. The molecule has 0 saturated heterocycles. The van der Waals surface area contributed by atoms with Gasteiger partial charge in [-0.2, -0.15) is 0 Å². The number of anilines is 2. The Morgan fingerprint density at radius 3 is 2.61 bits per heavy atom. The number of hydrogen-bond donors (Lipinski definition) is 3. The molecule has 0 bridgehead atoms. The van der Waals surface area contributed by atoms with E-state index in [9.17, 15) is 8.42 Å². The van der Waals surface area contributed by atoms with Crippen LogP contribution in [0.3, 0.4) is 0 Å². The van der Waals surface area contributed by atoms with Crippen molar-refractivity contribution < 1.29 is 8.42 Å². The van der Waals surface area contributed by atoms with Gasteiger partial charge in [0.2, 0.25) is 10.0 Å². The van der Waals surface area contributed by atoms with E-state index in [2.05, 4.69) is 11.9 Å². The van der Waals surface area contributed by atoms with E-state index in [0.717, 1.165) is 6.42 Å². The quantitative estimate of drug-likeness (QED) is 0.558. The summed E-state index contributed by atoms with van der Waals surface area (Å²) >= 11 is 0. The summed E-state index contributed by atoms with van der Waals surface area (Å²) in [4.78, 5) is 0.0517. The Bertz CT molecular complexity index is 553. The lowest BCUT2D eigenvalue weighted by molar-refractivity contribution is 0.597. The van der Waals surface area contributed by atoms with Crippen LogP contribution in [0.4, 0.5) is 11.4 Å². The Kier molecular flexibility index (Phi) is 4.37. The van der Waals surface area contributed by atoms with Crippen LogP contribution in [0.1, 0.15) is 18.9 Å². The van der Waals surface area contributed by atoms with Crippen molar-refractivity contribution in [2.24, 2.45) is 5.14 Å². The largest absolute Gasteiger partial charge is 0.399 e. The molecule has 0 aliphatic heterocycles. The Hall–Kier alpha value is -1.53. The standard InChI is InChI=1S/C12H19N3O2S/c1-4-5-8(2)15-11-6-10(13)7-12(9(11)3)18(14,16)17/h4,6-8,15H,1,5,13H2,2-3H3,(H2,14,16,17). The molecule has 0 aliphatic rings. The molecule has 18 heavy (non-hydrogen) atoms. The molecule has 0 heterocycles. The zero-order valence-electron chi connectivity index (χ0n) is 10.6. The van der Waals surface area contributed by atoms with E-state index >= 15 is 0 Å². The molecule has 100 valence electrons. The molecule has 5 nitrogen and oxygen atoms in total. The monoisotopic (exact) mass is 269 g/mol. The lowest BCUT2D eigenvalue weighted by Crippen LogP contribution is -2.18. The predicted molar refractivity (Wildman–Crippen MR) is 74.9 cm³/mol. The summed E-state index contributed by atoms with van der Waals surface area (Å²) in [6, 6.07) is 3.20. The van der Waals surface area contributed by atoms with E-state index in [1.54, 1.807) is 19.1 Å². The second-order valence-electron chi connectivity index (χ2n) is 4.31. The van der Waals surface area contributed by atoms with Gasteiger partial charge in [0.25, 0.3) is 0 Å². The predicted octanol–water partition coefficient (Wildman–Crippen LogP) is 1.60. The highest BCUT2D eigenvalue weighted by molar-refractivity contribution is 7.89. The molecular weight excluding hydrogens is 250 g/mol. The van der Waals surface area contributed by atoms with Crippen molar-refractivity contribution >= 4 is 21.4 Å². The SMILES string of the molecule is C=CCC(C)Nc1cc(N)cc(S(N)(=O)=O)c1C. The van der Waals surface area contributed by atoms with Gasteiger partial charge in [-0.1, -0.05) is 6.08 Å². The van der Waals surface area contributed by atoms with Crippen LogP contribution in [0, 0.1) is 6.92 Å². The van der Waals surface area contributed by atoms with Crippen molar-refractivity contribution in [2.75, 3.05) is 11.1 Å². The Balaban J connectivity index is 3.21. The van der Waals surface area contributed by atoms with Crippen LogP contribution in [0.2, 0.25) is 0 Å². The zero-order valence-corrected chi connectivity index (χ0v) is 11.4. The summed E-state index contributed by atoms with van der Waals surface area (Å²) in [7, 11) is -3.77. The maximum atomic E-state index is 11.4. The maximum Gasteiger partial charge on any atom is 0.238 e. The molecule has 5 N–H and O–H groups in total. The van der Waals surface area contributed by atoms with Crippen molar-refractivity contribution in [1.29, 1.82) is 0 Å². The van der Waals surface area contributed by atoms with E-state index < -0.39 is 10.0 Å². The molecular formula is C12H19N3O2S. The molecule has 6 heteroatoms. The van der Waals surface area contributed by atoms with Gasteiger partial charge >= 0.3 is 0 Å². The highest BCUT2D eigenvalue weighted by Crippen LogP contribution is 2.26. The topological polar surface area (TPSA) is 98.2 Å². The fourth-order valence-electron chi connectivity index (χ4n) is 1.73. The van der Waals surface area contributed by atoms with E-state index in [1.807, 2.05) is 6.92 Å². The Morgan fingerprint density at radius 2 is 2.11 bits per heavy atom. The molecule has 0 saturated carbocycles. The normalized spacial score (nSPS) is 13.1. The van der Waals surface area contributed by atoms with Gasteiger partial charge in [-0.05, 0) is 38.0 Å². The third-order valence-corrected chi connectivity index (χ3v) is 3.65. The number of benzene rings is 1. The van der Waals surface area contributed by atoms with Gasteiger partial charge in [-0.15, -0.1) is 6.58 Å². The van der Waals surface area contributed by atoms with E-state index in [0.29, 0.717) is 16.9 Å². The number of primary sulfonamides is 1.